The first-order valence-electron chi connectivity index (χ1n) is 5.24. The van der Waals surface area contributed by atoms with E-state index in [1.165, 1.54) is 6.07 Å². The van der Waals surface area contributed by atoms with E-state index in [-0.39, 0.29) is 11.6 Å². The molecule has 0 aliphatic carbocycles. The lowest BCUT2D eigenvalue weighted by Gasteiger charge is -2.04. The summed E-state index contributed by atoms with van der Waals surface area (Å²) in [4.78, 5) is 25.5. The van der Waals surface area contributed by atoms with E-state index >= 15 is 0 Å². The standard InChI is InChI=1S/C11H15N3O3/c1-12-10(15)5-6-13-7-8-3-2-4-9(14-8)11(16)17/h2-4,13H,5-7H2,1H3,(H,12,15)(H,16,17). The lowest BCUT2D eigenvalue weighted by atomic mass is 10.3. The lowest BCUT2D eigenvalue weighted by molar-refractivity contribution is -0.120. The van der Waals surface area contributed by atoms with Gasteiger partial charge in [0.25, 0.3) is 0 Å². The van der Waals surface area contributed by atoms with Gasteiger partial charge < -0.3 is 15.7 Å². The van der Waals surface area contributed by atoms with Gasteiger partial charge in [-0.15, -0.1) is 0 Å². The van der Waals surface area contributed by atoms with Crippen molar-refractivity contribution in [2.45, 2.75) is 13.0 Å². The normalized spacial score (nSPS) is 9.94. The molecule has 0 radical (unpaired) electrons. The molecule has 1 rings (SSSR count). The first-order chi connectivity index (χ1) is 8.13. The van der Waals surface area contributed by atoms with Gasteiger partial charge in [0.15, 0.2) is 0 Å². The highest BCUT2D eigenvalue weighted by atomic mass is 16.4. The predicted molar refractivity (Wildman–Crippen MR) is 61.6 cm³/mol. The number of nitrogens with one attached hydrogen (secondary N) is 2. The van der Waals surface area contributed by atoms with Gasteiger partial charge in [0.1, 0.15) is 5.69 Å². The van der Waals surface area contributed by atoms with Crippen LogP contribution in [-0.2, 0) is 11.3 Å². The zero-order valence-electron chi connectivity index (χ0n) is 9.56. The van der Waals surface area contributed by atoms with Crippen LogP contribution in [0.2, 0.25) is 0 Å². The monoisotopic (exact) mass is 237 g/mol. The van der Waals surface area contributed by atoms with Crippen molar-refractivity contribution >= 4 is 11.9 Å². The number of pyridine rings is 1. The Bertz CT molecular complexity index is 407. The maximum atomic E-state index is 10.9. The molecule has 0 atom stereocenters. The SMILES string of the molecule is CNC(=O)CCNCc1cccc(C(=O)O)n1. The van der Waals surface area contributed by atoms with Crippen LogP contribution in [0.3, 0.4) is 0 Å². The third-order valence-electron chi connectivity index (χ3n) is 2.14. The Balaban J connectivity index is 2.39. The van der Waals surface area contributed by atoms with Gasteiger partial charge in [0, 0.05) is 26.6 Å². The smallest absolute Gasteiger partial charge is 0.354 e. The summed E-state index contributed by atoms with van der Waals surface area (Å²) in [6.07, 6.45) is 0.384. The fraction of sp³-hybridized carbons (Fsp3) is 0.364. The van der Waals surface area contributed by atoms with E-state index in [1.807, 2.05) is 0 Å². The number of aromatic carboxylic acids is 1. The van der Waals surface area contributed by atoms with Crippen molar-refractivity contribution in [2.75, 3.05) is 13.6 Å². The summed E-state index contributed by atoms with van der Waals surface area (Å²) in [7, 11) is 1.58. The fourth-order valence-electron chi connectivity index (χ4n) is 1.24. The number of rotatable bonds is 6. The molecule has 1 amide bonds. The highest BCUT2D eigenvalue weighted by Gasteiger charge is 2.04. The van der Waals surface area contributed by atoms with Gasteiger partial charge in [-0.05, 0) is 12.1 Å². The second kappa shape index (κ2) is 6.59. The summed E-state index contributed by atoms with van der Waals surface area (Å²) in [5.41, 5.74) is 0.664. The zero-order valence-corrected chi connectivity index (χ0v) is 9.56. The van der Waals surface area contributed by atoms with Crippen LogP contribution in [0.4, 0.5) is 0 Å². The molecule has 0 saturated carbocycles. The second-order valence-electron chi connectivity index (χ2n) is 3.42. The molecule has 0 spiro atoms. The molecule has 0 saturated heterocycles. The third-order valence-corrected chi connectivity index (χ3v) is 2.14. The van der Waals surface area contributed by atoms with E-state index in [9.17, 15) is 9.59 Å². The largest absolute Gasteiger partial charge is 0.477 e. The molecule has 1 heterocycles. The van der Waals surface area contributed by atoms with E-state index in [0.717, 1.165) is 0 Å². The molecule has 3 N–H and O–H groups in total. The Kier molecular flexibility index (Phi) is 5.09. The molecule has 6 nitrogen and oxygen atoms in total. The zero-order chi connectivity index (χ0) is 12.7. The number of hydrogen-bond acceptors (Lipinski definition) is 4. The van der Waals surface area contributed by atoms with Crippen molar-refractivity contribution in [3.63, 3.8) is 0 Å². The summed E-state index contributed by atoms with van der Waals surface area (Å²) in [6.45, 7) is 0.969. The number of amides is 1. The van der Waals surface area contributed by atoms with Crippen LogP contribution in [0.25, 0.3) is 0 Å². The van der Waals surface area contributed by atoms with Gasteiger partial charge >= 0.3 is 5.97 Å². The summed E-state index contributed by atoms with van der Waals surface area (Å²) < 4.78 is 0. The fourth-order valence-corrected chi connectivity index (χ4v) is 1.24. The number of nitrogens with zero attached hydrogens (tertiary/aromatic N) is 1. The quantitative estimate of drug-likeness (QED) is 0.606. The highest BCUT2D eigenvalue weighted by molar-refractivity contribution is 5.85. The predicted octanol–water partition coefficient (Wildman–Crippen LogP) is 0.00550. The summed E-state index contributed by atoms with van der Waals surface area (Å²) in [6, 6.07) is 4.82. The maximum absolute atomic E-state index is 10.9. The lowest BCUT2D eigenvalue weighted by Crippen LogP contribution is -2.24. The van der Waals surface area contributed by atoms with Gasteiger partial charge in [0.2, 0.25) is 5.91 Å². The number of carboxylic acids is 1. The number of carboxylic acid groups (broad SMARTS) is 1. The molecular formula is C11H15N3O3. The molecular weight excluding hydrogens is 222 g/mol. The van der Waals surface area contributed by atoms with E-state index in [0.29, 0.717) is 25.2 Å². The van der Waals surface area contributed by atoms with E-state index in [4.69, 9.17) is 5.11 Å². The Morgan fingerprint density at radius 2 is 2.18 bits per heavy atom. The van der Waals surface area contributed by atoms with Gasteiger partial charge in [0.05, 0.1) is 5.69 Å². The van der Waals surface area contributed by atoms with Crippen molar-refractivity contribution in [2.24, 2.45) is 0 Å². The van der Waals surface area contributed by atoms with Gasteiger partial charge in [-0.1, -0.05) is 6.07 Å². The Morgan fingerprint density at radius 3 is 2.82 bits per heavy atom. The minimum Gasteiger partial charge on any atom is -0.477 e. The van der Waals surface area contributed by atoms with Crippen molar-refractivity contribution in [3.05, 3.63) is 29.6 Å². The molecule has 0 bridgehead atoms. The Morgan fingerprint density at radius 1 is 1.41 bits per heavy atom. The van der Waals surface area contributed by atoms with Gasteiger partial charge in [-0.25, -0.2) is 9.78 Å². The highest BCUT2D eigenvalue weighted by Crippen LogP contribution is 1.99. The molecule has 17 heavy (non-hydrogen) atoms. The molecule has 0 aliphatic rings. The maximum Gasteiger partial charge on any atom is 0.354 e. The van der Waals surface area contributed by atoms with Crippen LogP contribution < -0.4 is 10.6 Å². The minimum absolute atomic E-state index is 0.0237. The van der Waals surface area contributed by atoms with Crippen LogP contribution in [-0.4, -0.2) is 35.6 Å². The van der Waals surface area contributed by atoms with E-state index < -0.39 is 5.97 Å². The molecule has 0 fully saturated rings. The first kappa shape index (κ1) is 13.1. The average Bonchev–Trinajstić information content (AvgIpc) is 2.34. The van der Waals surface area contributed by atoms with Crippen LogP contribution in [0.5, 0.6) is 0 Å². The van der Waals surface area contributed by atoms with E-state index in [2.05, 4.69) is 15.6 Å². The van der Waals surface area contributed by atoms with Crippen LogP contribution in [0.15, 0.2) is 18.2 Å². The summed E-state index contributed by atoms with van der Waals surface area (Å²) in [5.74, 6) is -1.08. The van der Waals surface area contributed by atoms with Crippen molar-refractivity contribution in [1.82, 2.24) is 15.6 Å². The first-order valence-corrected chi connectivity index (χ1v) is 5.24. The molecule has 0 aliphatic heterocycles. The van der Waals surface area contributed by atoms with Crippen molar-refractivity contribution in [3.8, 4) is 0 Å². The number of hydrogen-bond donors (Lipinski definition) is 3. The average molecular weight is 237 g/mol. The minimum atomic E-state index is -1.04. The Labute approximate surface area is 99.1 Å². The molecule has 6 heteroatoms. The summed E-state index contributed by atoms with van der Waals surface area (Å²) >= 11 is 0. The van der Waals surface area contributed by atoms with Crippen molar-refractivity contribution in [1.29, 1.82) is 0 Å². The third kappa shape index (κ3) is 4.60. The summed E-state index contributed by atoms with van der Waals surface area (Å²) in [5, 5.41) is 14.3. The second-order valence-corrected chi connectivity index (χ2v) is 3.42. The molecule has 1 aromatic rings. The van der Waals surface area contributed by atoms with E-state index in [1.54, 1.807) is 19.2 Å². The molecule has 0 unspecified atom stereocenters. The number of aromatic nitrogens is 1. The number of carbonyl (C=O) groups is 2. The topological polar surface area (TPSA) is 91.3 Å². The van der Waals surface area contributed by atoms with Gasteiger partial charge in [-0.3, -0.25) is 4.79 Å². The Hall–Kier alpha value is -1.95. The van der Waals surface area contributed by atoms with Gasteiger partial charge in [-0.2, -0.15) is 0 Å². The van der Waals surface area contributed by atoms with Crippen LogP contribution >= 0.6 is 0 Å². The van der Waals surface area contributed by atoms with Crippen LogP contribution in [0, 0.1) is 0 Å². The number of carbonyl (C=O) groups excluding carboxylic acids is 1. The molecule has 0 aromatic carbocycles. The molecule has 92 valence electrons. The molecule has 1 aromatic heterocycles. The van der Waals surface area contributed by atoms with Crippen molar-refractivity contribution < 1.29 is 14.7 Å². The van der Waals surface area contributed by atoms with Crippen LogP contribution in [0.1, 0.15) is 22.6 Å².